The SMILES string of the molecule is CC1(CCNc2ncccc2[N+](=O)[O-])OCCO1. The lowest BCUT2D eigenvalue weighted by molar-refractivity contribution is -0.384. The average molecular weight is 253 g/mol. The summed E-state index contributed by atoms with van der Waals surface area (Å²) in [6.45, 7) is 3.52. The molecule has 18 heavy (non-hydrogen) atoms. The molecule has 98 valence electrons. The molecule has 1 aromatic rings. The monoisotopic (exact) mass is 253 g/mol. The average Bonchev–Trinajstić information content (AvgIpc) is 2.77. The lowest BCUT2D eigenvalue weighted by Gasteiger charge is -2.22. The van der Waals surface area contributed by atoms with E-state index in [2.05, 4.69) is 10.3 Å². The van der Waals surface area contributed by atoms with Crippen LogP contribution >= 0.6 is 0 Å². The fraction of sp³-hybridized carbons (Fsp3) is 0.545. The van der Waals surface area contributed by atoms with Gasteiger partial charge in [0.1, 0.15) is 0 Å². The Hall–Kier alpha value is -1.73. The molecule has 0 aliphatic carbocycles. The lowest BCUT2D eigenvalue weighted by Crippen LogP contribution is -2.28. The van der Waals surface area contributed by atoms with Crippen molar-refractivity contribution in [1.29, 1.82) is 0 Å². The lowest BCUT2D eigenvalue weighted by atomic mass is 10.2. The number of hydrogen-bond acceptors (Lipinski definition) is 6. The second kappa shape index (κ2) is 5.28. The van der Waals surface area contributed by atoms with Gasteiger partial charge < -0.3 is 14.8 Å². The van der Waals surface area contributed by atoms with Crippen LogP contribution in [0.1, 0.15) is 13.3 Å². The van der Waals surface area contributed by atoms with Gasteiger partial charge in [0.05, 0.1) is 18.1 Å². The van der Waals surface area contributed by atoms with Gasteiger partial charge in [0.25, 0.3) is 0 Å². The highest BCUT2D eigenvalue weighted by atomic mass is 16.7. The summed E-state index contributed by atoms with van der Waals surface area (Å²) in [6, 6.07) is 2.95. The van der Waals surface area contributed by atoms with Gasteiger partial charge in [-0.3, -0.25) is 10.1 Å². The summed E-state index contributed by atoms with van der Waals surface area (Å²) in [5, 5.41) is 13.7. The van der Waals surface area contributed by atoms with Crippen molar-refractivity contribution in [2.24, 2.45) is 0 Å². The molecular formula is C11H15N3O4. The minimum absolute atomic E-state index is 0.0316. The molecule has 2 heterocycles. The van der Waals surface area contributed by atoms with E-state index in [1.165, 1.54) is 18.3 Å². The molecule has 0 atom stereocenters. The van der Waals surface area contributed by atoms with E-state index in [-0.39, 0.29) is 11.5 Å². The molecule has 1 saturated heterocycles. The molecule has 0 bridgehead atoms. The number of aromatic nitrogens is 1. The van der Waals surface area contributed by atoms with Gasteiger partial charge >= 0.3 is 5.69 Å². The molecule has 2 rings (SSSR count). The van der Waals surface area contributed by atoms with Crippen molar-refractivity contribution < 1.29 is 14.4 Å². The Balaban J connectivity index is 1.92. The molecule has 0 aromatic carbocycles. The molecule has 1 aliphatic heterocycles. The molecule has 7 nitrogen and oxygen atoms in total. The standard InChI is InChI=1S/C11H15N3O4/c1-11(17-7-8-18-11)4-6-13-10-9(14(15)16)3-2-5-12-10/h2-3,5H,4,6-8H2,1H3,(H,12,13). The van der Waals surface area contributed by atoms with Crippen LogP contribution in [0.15, 0.2) is 18.3 Å². The molecule has 0 amide bonds. The molecule has 1 N–H and O–H groups in total. The Morgan fingerprint density at radius 3 is 2.94 bits per heavy atom. The summed E-state index contributed by atoms with van der Waals surface area (Å²) in [5.74, 6) is -0.333. The van der Waals surface area contributed by atoms with Crippen molar-refractivity contribution in [3.63, 3.8) is 0 Å². The second-order valence-electron chi connectivity index (χ2n) is 4.14. The van der Waals surface area contributed by atoms with Crippen LogP contribution < -0.4 is 5.32 Å². The Morgan fingerprint density at radius 2 is 2.28 bits per heavy atom. The third kappa shape index (κ3) is 2.93. The predicted molar refractivity (Wildman–Crippen MR) is 64.3 cm³/mol. The second-order valence-corrected chi connectivity index (χ2v) is 4.14. The molecule has 1 aromatic heterocycles. The van der Waals surface area contributed by atoms with Crippen molar-refractivity contribution in [3.8, 4) is 0 Å². The summed E-state index contributed by atoms with van der Waals surface area (Å²) in [6.07, 6.45) is 2.11. The maximum Gasteiger partial charge on any atom is 0.311 e. The van der Waals surface area contributed by atoms with Gasteiger partial charge in [0, 0.05) is 25.2 Å². The van der Waals surface area contributed by atoms with Crippen LogP contribution in [-0.2, 0) is 9.47 Å². The van der Waals surface area contributed by atoms with Crippen LogP contribution in [0.5, 0.6) is 0 Å². The number of nitrogens with zero attached hydrogens (tertiary/aromatic N) is 2. The first-order valence-electron chi connectivity index (χ1n) is 5.72. The molecule has 0 unspecified atom stereocenters. The van der Waals surface area contributed by atoms with E-state index in [1.54, 1.807) is 0 Å². The molecule has 7 heteroatoms. The van der Waals surface area contributed by atoms with E-state index in [0.29, 0.717) is 26.2 Å². The smallest absolute Gasteiger partial charge is 0.311 e. The Labute approximate surface area is 104 Å². The fourth-order valence-electron chi connectivity index (χ4n) is 1.79. The van der Waals surface area contributed by atoms with Crippen molar-refractivity contribution >= 4 is 11.5 Å². The van der Waals surface area contributed by atoms with Crippen LogP contribution in [0.4, 0.5) is 11.5 Å². The van der Waals surface area contributed by atoms with Gasteiger partial charge in [-0.2, -0.15) is 0 Å². The molecular weight excluding hydrogens is 238 g/mol. The largest absolute Gasteiger partial charge is 0.364 e. The quantitative estimate of drug-likeness (QED) is 0.633. The topological polar surface area (TPSA) is 86.5 Å². The Kier molecular flexibility index (Phi) is 3.73. The summed E-state index contributed by atoms with van der Waals surface area (Å²) in [5.41, 5.74) is -0.0316. The van der Waals surface area contributed by atoms with Crippen LogP contribution in [-0.4, -0.2) is 35.5 Å². The summed E-state index contributed by atoms with van der Waals surface area (Å²) in [4.78, 5) is 14.3. The number of rotatable bonds is 5. The van der Waals surface area contributed by atoms with E-state index < -0.39 is 10.7 Å². The zero-order valence-corrected chi connectivity index (χ0v) is 10.1. The van der Waals surface area contributed by atoms with E-state index in [0.717, 1.165) is 0 Å². The molecule has 1 fully saturated rings. The third-order valence-corrected chi connectivity index (χ3v) is 2.75. The third-order valence-electron chi connectivity index (χ3n) is 2.75. The number of pyridine rings is 1. The van der Waals surface area contributed by atoms with Crippen LogP contribution in [0, 0.1) is 10.1 Å². The van der Waals surface area contributed by atoms with Crippen molar-refractivity contribution in [3.05, 3.63) is 28.4 Å². The van der Waals surface area contributed by atoms with Crippen molar-refractivity contribution in [2.45, 2.75) is 19.1 Å². The van der Waals surface area contributed by atoms with Gasteiger partial charge in [0.2, 0.25) is 5.82 Å². The summed E-state index contributed by atoms with van der Waals surface area (Å²) in [7, 11) is 0. The first kappa shape index (κ1) is 12.7. The molecule has 1 aliphatic rings. The van der Waals surface area contributed by atoms with Gasteiger partial charge in [-0.15, -0.1) is 0 Å². The summed E-state index contributed by atoms with van der Waals surface area (Å²) < 4.78 is 10.9. The highest BCUT2D eigenvalue weighted by Crippen LogP contribution is 2.24. The summed E-state index contributed by atoms with van der Waals surface area (Å²) >= 11 is 0. The van der Waals surface area contributed by atoms with Gasteiger partial charge in [0.15, 0.2) is 5.79 Å². The molecule has 0 saturated carbocycles. The van der Waals surface area contributed by atoms with E-state index in [9.17, 15) is 10.1 Å². The minimum Gasteiger partial charge on any atom is -0.364 e. The van der Waals surface area contributed by atoms with Gasteiger partial charge in [-0.25, -0.2) is 4.98 Å². The van der Waals surface area contributed by atoms with Crippen LogP contribution in [0.2, 0.25) is 0 Å². The predicted octanol–water partition coefficient (Wildman–Crippen LogP) is 1.55. The van der Waals surface area contributed by atoms with Gasteiger partial charge in [-0.1, -0.05) is 0 Å². The maximum atomic E-state index is 10.8. The highest BCUT2D eigenvalue weighted by Gasteiger charge is 2.30. The Morgan fingerprint density at radius 1 is 1.56 bits per heavy atom. The van der Waals surface area contributed by atoms with E-state index in [4.69, 9.17) is 9.47 Å². The maximum absolute atomic E-state index is 10.8. The number of nitro groups is 1. The van der Waals surface area contributed by atoms with Crippen LogP contribution in [0.25, 0.3) is 0 Å². The first-order valence-corrected chi connectivity index (χ1v) is 5.72. The van der Waals surface area contributed by atoms with Crippen molar-refractivity contribution in [1.82, 2.24) is 4.98 Å². The number of anilines is 1. The normalized spacial score (nSPS) is 17.6. The van der Waals surface area contributed by atoms with E-state index in [1.807, 2.05) is 6.92 Å². The number of nitrogens with one attached hydrogen (secondary N) is 1. The fourth-order valence-corrected chi connectivity index (χ4v) is 1.79. The first-order chi connectivity index (χ1) is 8.61. The van der Waals surface area contributed by atoms with Crippen LogP contribution in [0.3, 0.4) is 0 Å². The van der Waals surface area contributed by atoms with Gasteiger partial charge in [-0.05, 0) is 13.0 Å². The number of ether oxygens (including phenoxy) is 2. The number of hydrogen-bond donors (Lipinski definition) is 1. The zero-order valence-electron chi connectivity index (χ0n) is 10.1. The molecule has 0 spiro atoms. The molecule has 0 radical (unpaired) electrons. The van der Waals surface area contributed by atoms with E-state index >= 15 is 0 Å². The highest BCUT2D eigenvalue weighted by molar-refractivity contribution is 5.54. The minimum atomic E-state index is -0.601. The van der Waals surface area contributed by atoms with Crippen molar-refractivity contribution in [2.75, 3.05) is 25.1 Å². The Bertz CT molecular complexity index is 432. The zero-order chi connectivity index (χ0) is 13.0.